The van der Waals surface area contributed by atoms with Gasteiger partial charge in [0.05, 0.1) is 7.11 Å². The highest BCUT2D eigenvalue weighted by molar-refractivity contribution is 6.13. The predicted octanol–water partition coefficient (Wildman–Crippen LogP) is 5.11. The first-order valence-corrected chi connectivity index (χ1v) is 8.33. The standard InChI is InChI=1S/C20H16F4O4/c1-26-14-6-7-16-11(9-14)2-3-13(18(16)25)8-12-4-5-15(27-19(21)22)10-17(12)28-20(23)24/h4-10,19-20H,2-3H2,1H3/b13-8-. The van der Waals surface area contributed by atoms with Gasteiger partial charge in [0, 0.05) is 22.8 Å². The molecule has 0 aromatic heterocycles. The van der Waals surface area contributed by atoms with Gasteiger partial charge in [0.2, 0.25) is 0 Å². The van der Waals surface area contributed by atoms with E-state index in [1.54, 1.807) is 18.2 Å². The normalized spacial score (nSPS) is 15.1. The number of ketones is 1. The van der Waals surface area contributed by atoms with E-state index in [0.717, 1.165) is 11.6 Å². The minimum atomic E-state index is -3.16. The molecule has 3 rings (SSSR count). The van der Waals surface area contributed by atoms with Gasteiger partial charge < -0.3 is 14.2 Å². The zero-order chi connectivity index (χ0) is 20.3. The zero-order valence-electron chi connectivity index (χ0n) is 14.8. The number of rotatable bonds is 6. The van der Waals surface area contributed by atoms with Gasteiger partial charge in [-0.3, -0.25) is 4.79 Å². The van der Waals surface area contributed by atoms with Crippen LogP contribution in [0, 0.1) is 0 Å². The van der Waals surface area contributed by atoms with Gasteiger partial charge in [-0.05, 0) is 54.8 Å². The summed E-state index contributed by atoms with van der Waals surface area (Å²) in [6.45, 7) is -6.26. The van der Waals surface area contributed by atoms with Gasteiger partial charge in [0.15, 0.2) is 5.78 Å². The van der Waals surface area contributed by atoms with Gasteiger partial charge in [0.25, 0.3) is 0 Å². The van der Waals surface area contributed by atoms with Crippen LogP contribution in [0.25, 0.3) is 6.08 Å². The van der Waals surface area contributed by atoms with E-state index in [0.29, 0.717) is 29.7 Å². The molecule has 4 nitrogen and oxygen atoms in total. The van der Waals surface area contributed by atoms with Crippen molar-refractivity contribution >= 4 is 11.9 Å². The number of alkyl halides is 4. The predicted molar refractivity (Wildman–Crippen MR) is 93.3 cm³/mol. The van der Waals surface area contributed by atoms with E-state index in [1.165, 1.54) is 25.3 Å². The molecule has 2 aromatic carbocycles. The molecule has 0 spiro atoms. The minimum Gasteiger partial charge on any atom is -0.497 e. The molecule has 0 saturated carbocycles. The minimum absolute atomic E-state index is 0.169. The third-order valence-corrected chi connectivity index (χ3v) is 4.27. The molecule has 28 heavy (non-hydrogen) atoms. The van der Waals surface area contributed by atoms with Crippen LogP contribution in [0.1, 0.15) is 27.9 Å². The molecule has 0 amide bonds. The summed E-state index contributed by atoms with van der Waals surface area (Å²) in [5.41, 5.74) is 1.92. The highest BCUT2D eigenvalue weighted by atomic mass is 19.3. The van der Waals surface area contributed by atoms with E-state index >= 15 is 0 Å². The molecule has 0 fully saturated rings. The summed E-state index contributed by atoms with van der Waals surface area (Å²) in [5, 5.41) is 0. The second-order valence-corrected chi connectivity index (χ2v) is 5.98. The number of carbonyl (C=O) groups excluding carboxylic acids is 1. The Labute approximate surface area is 158 Å². The fourth-order valence-electron chi connectivity index (χ4n) is 3.01. The lowest BCUT2D eigenvalue weighted by molar-refractivity contribution is -0.0543. The van der Waals surface area contributed by atoms with Gasteiger partial charge in [0.1, 0.15) is 17.2 Å². The maximum Gasteiger partial charge on any atom is 0.387 e. The fraction of sp³-hybridized carbons (Fsp3) is 0.250. The first-order valence-electron chi connectivity index (χ1n) is 8.33. The number of aryl methyl sites for hydroxylation is 1. The van der Waals surface area contributed by atoms with Crippen LogP contribution in [-0.4, -0.2) is 26.1 Å². The molecule has 0 saturated heterocycles. The van der Waals surface area contributed by atoms with E-state index in [9.17, 15) is 22.4 Å². The van der Waals surface area contributed by atoms with Crippen molar-refractivity contribution in [3.05, 3.63) is 58.7 Å². The molecule has 0 heterocycles. The largest absolute Gasteiger partial charge is 0.497 e. The van der Waals surface area contributed by atoms with Crippen molar-refractivity contribution in [3.63, 3.8) is 0 Å². The molecule has 8 heteroatoms. The number of hydrogen-bond acceptors (Lipinski definition) is 4. The van der Waals surface area contributed by atoms with E-state index in [-0.39, 0.29) is 22.8 Å². The molecular formula is C20H16F4O4. The summed E-state index contributed by atoms with van der Waals surface area (Å²) in [4.78, 5) is 12.7. The van der Waals surface area contributed by atoms with Crippen molar-refractivity contribution in [2.45, 2.75) is 26.1 Å². The van der Waals surface area contributed by atoms with E-state index in [4.69, 9.17) is 4.74 Å². The maximum absolute atomic E-state index is 12.7. The third kappa shape index (κ3) is 4.44. The van der Waals surface area contributed by atoms with Gasteiger partial charge in [-0.2, -0.15) is 17.6 Å². The summed E-state index contributed by atoms with van der Waals surface area (Å²) in [6.07, 6.45) is 2.39. The summed E-state index contributed by atoms with van der Waals surface area (Å²) >= 11 is 0. The quantitative estimate of drug-likeness (QED) is 0.503. The average molecular weight is 396 g/mol. The van der Waals surface area contributed by atoms with Crippen LogP contribution in [0.15, 0.2) is 42.0 Å². The Morgan fingerprint density at radius 1 is 0.929 bits per heavy atom. The third-order valence-electron chi connectivity index (χ3n) is 4.27. The lowest BCUT2D eigenvalue weighted by Crippen LogP contribution is -2.14. The molecule has 0 aliphatic heterocycles. The van der Waals surface area contributed by atoms with Crippen LogP contribution < -0.4 is 14.2 Å². The van der Waals surface area contributed by atoms with Crippen LogP contribution in [0.5, 0.6) is 17.2 Å². The number of carbonyl (C=O) groups is 1. The molecule has 1 aliphatic rings. The Morgan fingerprint density at radius 3 is 2.32 bits per heavy atom. The Kier molecular flexibility index (Phi) is 5.87. The average Bonchev–Trinajstić information content (AvgIpc) is 2.64. The summed E-state index contributed by atoms with van der Waals surface area (Å²) < 4.78 is 63.9. The molecule has 1 aliphatic carbocycles. The van der Waals surface area contributed by atoms with Crippen molar-refractivity contribution < 1.29 is 36.6 Å². The molecular weight excluding hydrogens is 380 g/mol. The topological polar surface area (TPSA) is 44.8 Å². The van der Waals surface area contributed by atoms with E-state index in [2.05, 4.69) is 9.47 Å². The number of fused-ring (bicyclic) bond motifs is 1. The molecule has 0 N–H and O–H groups in total. The van der Waals surface area contributed by atoms with Gasteiger partial charge in [-0.15, -0.1) is 0 Å². The number of Topliss-reactive ketones (excluding diaryl/α,β-unsaturated/α-hetero) is 1. The number of allylic oxidation sites excluding steroid dienone is 1. The SMILES string of the molecule is COc1ccc2c(c1)CC/C(=C/c1ccc(OC(F)F)cc1OC(F)F)C2=O. The molecule has 148 valence electrons. The van der Waals surface area contributed by atoms with Gasteiger partial charge in [-0.25, -0.2) is 0 Å². The van der Waals surface area contributed by atoms with Crippen molar-refractivity contribution in [1.82, 2.24) is 0 Å². The number of ether oxygens (including phenoxy) is 3. The number of hydrogen-bond donors (Lipinski definition) is 0. The highest BCUT2D eigenvalue weighted by Gasteiger charge is 2.23. The Morgan fingerprint density at radius 2 is 1.64 bits per heavy atom. The lowest BCUT2D eigenvalue weighted by atomic mass is 9.86. The zero-order valence-corrected chi connectivity index (χ0v) is 14.8. The van der Waals surface area contributed by atoms with Gasteiger partial charge >= 0.3 is 13.2 Å². The summed E-state index contributed by atoms with van der Waals surface area (Å²) in [5.74, 6) is -0.268. The van der Waals surface area contributed by atoms with E-state index < -0.39 is 13.2 Å². The molecule has 0 unspecified atom stereocenters. The van der Waals surface area contributed by atoms with Crippen molar-refractivity contribution in [1.29, 1.82) is 0 Å². The second-order valence-electron chi connectivity index (χ2n) is 5.98. The maximum atomic E-state index is 12.7. The Balaban J connectivity index is 1.94. The Bertz CT molecular complexity index is 909. The number of halogens is 4. The summed E-state index contributed by atoms with van der Waals surface area (Å²) in [7, 11) is 1.53. The number of benzene rings is 2. The Hall–Kier alpha value is -3.03. The molecule has 2 aromatic rings. The second kappa shape index (κ2) is 8.33. The van der Waals surface area contributed by atoms with Crippen molar-refractivity contribution in [2.75, 3.05) is 7.11 Å². The highest BCUT2D eigenvalue weighted by Crippen LogP contribution is 2.33. The molecule has 0 atom stereocenters. The lowest BCUT2D eigenvalue weighted by Gasteiger charge is -2.19. The van der Waals surface area contributed by atoms with Crippen LogP contribution >= 0.6 is 0 Å². The fourth-order valence-corrected chi connectivity index (χ4v) is 3.01. The monoisotopic (exact) mass is 396 g/mol. The van der Waals surface area contributed by atoms with Crippen LogP contribution in [0.3, 0.4) is 0 Å². The number of methoxy groups -OCH3 is 1. The van der Waals surface area contributed by atoms with Crippen LogP contribution in [0.2, 0.25) is 0 Å². The molecule has 0 bridgehead atoms. The van der Waals surface area contributed by atoms with Crippen LogP contribution in [0.4, 0.5) is 17.6 Å². The van der Waals surface area contributed by atoms with E-state index in [1.807, 2.05) is 0 Å². The first kappa shape index (κ1) is 19.7. The van der Waals surface area contributed by atoms with Crippen molar-refractivity contribution in [3.8, 4) is 17.2 Å². The smallest absolute Gasteiger partial charge is 0.387 e. The first-order chi connectivity index (χ1) is 13.4. The van der Waals surface area contributed by atoms with Crippen molar-refractivity contribution in [2.24, 2.45) is 0 Å². The van der Waals surface area contributed by atoms with Crippen LogP contribution in [-0.2, 0) is 6.42 Å². The van der Waals surface area contributed by atoms with Gasteiger partial charge in [-0.1, -0.05) is 0 Å². The molecule has 0 radical (unpaired) electrons. The summed E-state index contributed by atoms with van der Waals surface area (Å²) in [6, 6.07) is 8.53.